The van der Waals surface area contributed by atoms with Crippen LogP contribution in [0.5, 0.6) is 5.75 Å². The second kappa shape index (κ2) is 6.06. The van der Waals surface area contributed by atoms with Gasteiger partial charge in [-0.2, -0.15) is 0 Å². The summed E-state index contributed by atoms with van der Waals surface area (Å²) >= 11 is 0. The van der Waals surface area contributed by atoms with Gasteiger partial charge in [0.1, 0.15) is 5.75 Å². The van der Waals surface area contributed by atoms with Crippen LogP contribution >= 0.6 is 0 Å². The van der Waals surface area contributed by atoms with Crippen LogP contribution in [0.4, 0.5) is 0 Å². The van der Waals surface area contributed by atoms with E-state index in [1.807, 2.05) is 12.1 Å². The third kappa shape index (κ3) is 3.28. The van der Waals surface area contributed by atoms with Gasteiger partial charge in [0, 0.05) is 12.4 Å². The minimum atomic E-state index is -3.57. The summed E-state index contributed by atoms with van der Waals surface area (Å²) in [5.74, 6) is 0.974. The van der Waals surface area contributed by atoms with Gasteiger partial charge >= 0.3 is 0 Å². The molecule has 5 nitrogen and oxygen atoms in total. The van der Waals surface area contributed by atoms with Crippen molar-refractivity contribution in [2.45, 2.75) is 23.8 Å². The van der Waals surface area contributed by atoms with E-state index in [0.29, 0.717) is 11.7 Å². The number of rotatable bonds is 6. The highest BCUT2D eigenvalue weighted by Crippen LogP contribution is 2.41. The van der Waals surface area contributed by atoms with Gasteiger partial charge in [-0.3, -0.25) is 4.98 Å². The van der Waals surface area contributed by atoms with Gasteiger partial charge in [0.05, 0.1) is 18.0 Å². The third-order valence-electron chi connectivity index (χ3n) is 3.79. The molecule has 0 unspecified atom stereocenters. The maximum Gasteiger partial charge on any atom is 0.241 e. The maximum atomic E-state index is 12.6. The molecule has 0 radical (unpaired) electrons. The van der Waals surface area contributed by atoms with Crippen molar-refractivity contribution in [3.8, 4) is 5.75 Å². The molecule has 2 aromatic rings. The number of pyridine rings is 1. The molecule has 0 amide bonds. The fourth-order valence-corrected chi connectivity index (χ4v) is 3.71. The smallest absolute Gasteiger partial charge is 0.241 e. The average Bonchev–Trinajstić information content (AvgIpc) is 3.38. The van der Waals surface area contributed by atoms with Crippen molar-refractivity contribution in [3.05, 3.63) is 54.4 Å². The minimum Gasteiger partial charge on any atom is -0.497 e. The first-order chi connectivity index (χ1) is 10.6. The zero-order chi connectivity index (χ0) is 15.6. The lowest BCUT2D eigenvalue weighted by Crippen LogP contribution is -2.30. The summed E-state index contributed by atoms with van der Waals surface area (Å²) in [6, 6.07) is 9.90. The number of sulfonamides is 1. The fraction of sp³-hybridized carbons (Fsp3) is 0.312. The van der Waals surface area contributed by atoms with Crippen LogP contribution in [-0.4, -0.2) is 20.5 Å². The van der Waals surface area contributed by atoms with E-state index in [1.165, 1.54) is 0 Å². The Balaban J connectivity index is 1.85. The van der Waals surface area contributed by atoms with Crippen LogP contribution in [-0.2, 0) is 10.0 Å². The highest BCUT2D eigenvalue weighted by molar-refractivity contribution is 7.89. The SMILES string of the molecule is COc1ccc(S(=O)(=O)N[C@@H](c2cccnc2)C2CC2)cc1. The second-order valence-corrected chi connectivity index (χ2v) is 7.11. The van der Waals surface area contributed by atoms with Crippen LogP contribution in [0.3, 0.4) is 0 Å². The average molecular weight is 318 g/mol. The molecule has 1 aromatic heterocycles. The molecule has 0 bridgehead atoms. The predicted octanol–water partition coefficient (Wildman–Crippen LogP) is 2.52. The quantitative estimate of drug-likeness (QED) is 0.888. The number of nitrogens with zero attached hydrogens (tertiary/aromatic N) is 1. The van der Waals surface area contributed by atoms with Crippen LogP contribution in [0, 0.1) is 5.92 Å². The Kier molecular flexibility index (Phi) is 4.13. The molecule has 1 fully saturated rings. The van der Waals surface area contributed by atoms with Crippen molar-refractivity contribution in [2.24, 2.45) is 5.92 Å². The van der Waals surface area contributed by atoms with Crippen molar-refractivity contribution in [2.75, 3.05) is 7.11 Å². The van der Waals surface area contributed by atoms with Crippen molar-refractivity contribution < 1.29 is 13.2 Å². The Labute approximate surface area is 130 Å². The zero-order valence-corrected chi connectivity index (χ0v) is 13.1. The van der Waals surface area contributed by atoms with Crippen molar-refractivity contribution in [1.82, 2.24) is 9.71 Å². The van der Waals surface area contributed by atoms with Crippen LogP contribution in [0.1, 0.15) is 24.4 Å². The van der Waals surface area contributed by atoms with Crippen LogP contribution < -0.4 is 9.46 Å². The molecular weight excluding hydrogens is 300 g/mol. The van der Waals surface area contributed by atoms with Gasteiger partial charge in [0.2, 0.25) is 10.0 Å². The van der Waals surface area contributed by atoms with E-state index >= 15 is 0 Å². The summed E-state index contributed by atoms with van der Waals surface area (Å²) < 4.78 is 33.0. The Morgan fingerprint density at radius 1 is 1.23 bits per heavy atom. The summed E-state index contributed by atoms with van der Waals surface area (Å²) in [7, 11) is -2.02. The molecule has 1 aliphatic carbocycles. The minimum absolute atomic E-state index is 0.221. The molecule has 1 N–H and O–H groups in total. The van der Waals surface area contributed by atoms with E-state index in [2.05, 4.69) is 9.71 Å². The number of ether oxygens (including phenoxy) is 1. The summed E-state index contributed by atoms with van der Waals surface area (Å²) in [5, 5.41) is 0. The van der Waals surface area contributed by atoms with Gasteiger partial charge in [0.25, 0.3) is 0 Å². The maximum absolute atomic E-state index is 12.6. The number of aromatic nitrogens is 1. The molecule has 3 rings (SSSR count). The monoisotopic (exact) mass is 318 g/mol. The fourth-order valence-electron chi connectivity index (χ4n) is 2.42. The summed E-state index contributed by atoms with van der Waals surface area (Å²) in [5.41, 5.74) is 0.905. The predicted molar refractivity (Wildman–Crippen MR) is 83.0 cm³/mol. The lowest BCUT2D eigenvalue weighted by atomic mass is 10.1. The van der Waals surface area contributed by atoms with Crippen LogP contribution in [0.2, 0.25) is 0 Å². The van der Waals surface area contributed by atoms with Gasteiger partial charge in [-0.15, -0.1) is 0 Å². The van der Waals surface area contributed by atoms with Crippen molar-refractivity contribution >= 4 is 10.0 Å². The molecule has 0 aliphatic heterocycles. The summed E-state index contributed by atoms with van der Waals surface area (Å²) in [6.07, 6.45) is 5.47. The molecule has 1 atom stereocenters. The number of methoxy groups -OCH3 is 1. The summed E-state index contributed by atoms with van der Waals surface area (Å²) in [6.45, 7) is 0. The first-order valence-electron chi connectivity index (χ1n) is 7.16. The lowest BCUT2D eigenvalue weighted by molar-refractivity contribution is 0.414. The van der Waals surface area contributed by atoms with E-state index in [1.54, 1.807) is 43.8 Å². The molecule has 1 aliphatic rings. The number of nitrogens with one attached hydrogen (secondary N) is 1. The van der Waals surface area contributed by atoms with Gasteiger partial charge in [-0.1, -0.05) is 6.07 Å². The van der Waals surface area contributed by atoms with Crippen molar-refractivity contribution in [1.29, 1.82) is 0 Å². The van der Waals surface area contributed by atoms with Crippen LogP contribution in [0.15, 0.2) is 53.7 Å². The Morgan fingerprint density at radius 3 is 2.50 bits per heavy atom. The molecule has 22 heavy (non-hydrogen) atoms. The van der Waals surface area contributed by atoms with Crippen LogP contribution in [0.25, 0.3) is 0 Å². The second-order valence-electron chi connectivity index (χ2n) is 5.40. The van der Waals surface area contributed by atoms with Gasteiger partial charge in [-0.25, -0.2) is 13.1 Å². The number of hydrogen-bond acceptors (Lipinski definition) is 4. The largest absolute Gasteiger partial charge is 0.497 e. The topological polar surface area (TPSA) is 68.3 Å². The molecule has 116 valence electrons. The van der Waals surface area contributed by atoms with Gasteiger partial charge in [0.15, 0.2) is 0 Å². The molecule has 1 heterocycles. The zero-order valence-electron chi connectivity index (χ0n) is 12.3. The highest BCUT2D eigenvalue weighted by atomic mass is 32.2. The first-order valence-corrected chi connectivity index (χ1v) is 8.65. The molecule has 1 aromatic carbocycles. The number of hydrogen-bond donors (Lipinski definition) is 1. The van der Waals surface area contributed by atoms with E-state index in [9.17, 15) is 8.42 Å². The molecule has 0 spiro atoms. The Morgan fingerprint density at radius 2 is 1.95 bits per heavy atom. The normalized spacial score (nSPS) is 16.2. The summed E-state index contributed by atoms with van der Waals surface area (Å²) in [4.78, 5) is 4.33. The van der Waals surface area contributed by atoms with Gasteiger partial charge in [-0.05, 0) is 54.7 Å². The molecular formula is C16H18N2O3S. The van der Waals surface area contributed by atoms with E-state index in [0.717, 1.165) is 18.4 Å². The molecule has 1 saturated carbocycles. The Hall–Kier alpha value is -1.92. The standard InChI is InChI=1S/C16H18N2O3S/c1-21-14-6-8-15(9-7-14)22(19,20)18-16(12-4-5-12)13-3-2-10-17-11-13/h2-3,6-12,16,18H,4-5H2,1H3/t16-/m1/s1. The van der Waals surface area contributed by atoms with E-state index in [-0.39, 0.29) is 10.9 Å². The molecule has 0 saturated heterocycles. The van der Waals surface area contributed by atoms with E-state index < -0.39 is 10.0 Å². The first kappa shape index (κ1) is 15.0. The highest BCUT2D eigenvalue weighted by Gasteiger charge is 2.35. The van der Waals surface area contributed by atoms with Crippen molar-refractivity contribution in [3.63, 3.8) is 0 Å². The number of benzene rings is 1. The Bertz CT molecular complexity index is 726. The lowest BCUT2D eigenvalue weighted by Gasteiger charge is -2.18. The third-order valence-corrected chi connectivity index (χ3v) is 5.25. The van der Waals surface area contributed by atoms with E-state index in [4.69, 9.17) is 4.74 Å². The van der Waals surface area contributed by atoms with Gasteiger partial charge < -0.3 is 4.74 Å². The molecule has 6 heteroatoms.